The van der Waals surface area contributed by atoms with Crippen LogP contribution in [0.1, 0.15) is 12.7 Å². The molecule has 1 heterocycles. The molecule has 0 bridgehead atoms. The summed E-state index contributed by atoms with van der Waals surface area (Å²) in [5, 5.41) is 20.6. The number of hydrogen-bond donors (Lipinski definition) is 1. The van der Waals surface area contributed by atoms with Crippen molar-refractivity contribution >= 4 is 5.97 Å². The van der Waals surface area contributed by atoms with E-state index in [4.69, 9.17) is 0 Å². The van der Waals surface area contributed by atoms with Gasteiger partial charge in [0, 0.05) is 6.42 Å². The van der Waals surface area contributed by atoms with E-state index in [2.05, 4.69) is 22.1 Å². The lowest BCUT2D eigenvalue weighted by molar-refractivity contribution is -0.145. The van der Waals surface area contributed by atoms with Crippen molar-refractivity contribution in [3.8, 4) is 5.69 Å². The van der Waals surface area contributed by atoms with Crippen molar-refractivity contribution in [1.82, 2.24) is 20.2 Å². The zero-order chi connectivity index (χ0) is 13.9. The van der Waals surface area contributed by atoms with Crippen LogP contribution >= 0.6 is 0 Å². The second-order valence-corrected chi connectivity index (χ2v) is 4.45. The number of para-hydroxylation sites is 1. The number of aliphatic carboxylic acids is 1. The first-order valence-electron chi connectivity index (χ1n) is 5.76. The van der Waals surface area contributed by atoms with Gasteiger partial charge in [-0.15, -0.1) is 11.7 Å². The molecule has 98 valence electrons. The van der Waals surface area contributed by atoms with Crippen LogP contribution in [-0.4, -0.2) is 31.3 Å². The van der Waals surface area contributed by atoms with Gasteiger partial charge in [-0.05, 0) is 29.5 Å². The van der Waals surface area contributed by atoms with Crippen molar-refractivity contribution < 1.29 is 9.90 Å². The van der Waals surface area contributed by atoms with Gasteiger partial charge in [-0.2, -0.15) is 4.68 Å². The summed E-state index contributed by atoms with van der Waals surface area (Å²) in [6, 6.07) is 9.33. The molecule has 19 heavy (non-hydrogen) atoms. The molecule has 0 aliphatic rings. The van der Waals surface area contributed by atoms with Crippen molar-refractivity contribution in [2.45, 2.75) is 13.3 Å². The first-order chi connectivity index (χ1) is 9.07. The van der Waals surface area contributed by atoms with Crippen LogP contribution in [0.25, 0.3) is 5.69 Å². The van der Waals surface area contributed by atoms with E-state index >= 15 is 0 Å². The van der Waals surface area contributed by atoms with Gasteiger partial charge in [-0.1, -0.05) is 24.3 Å². The highest BCUT2D eigenvalue weighted by Crippen LogP contribution is 2.23. The fraction of sp³-hybridized carbons (Fsp3) is 0.231. The average Bonchev–Trinajstić information content (AvgIpc) is 2.87. The lowest BCUT2D eigenvalue weighted by Crippen LogP contribution is -2.29. The third-order valence-electron chi connectivity index (χ3n) is 3.00. The third-order valence-corrected chi connectivity index (χ3v) is 3.00. The number of nitrogens with zero attached hydrogens (tertiary/aromatic N) is 4. The summed E-state index contributed by atoms with van der Waals surface area (Å²) in [5.41, 5.74) is -0.305. The molecular formula is C13H14N4O2. The summed E-state index contributed by atoms with van der Waals surface area (Å²) < 4.78 is 1.53. The number of carboxylic acid groups (broad SMARTS) is 1. The van der Waals surface area contributed by atoms with E-state index in [9.17, 15) is 9.90 Å². The number of benzene rings is 1. The van der Waals surface area contributed by atoms with E-state index in [1.54, 1.807) is 6.92 Å². The molecule has 0 saturated heterocycles. The molecule has 2 rings (SSSR count). The SMILES string of the molecule is C=CC(C)(Cc1nnnn1-c1ccccc1)C(=O)O. The normalized spacial score (nSPS) is 13.7. The molecule has 1 atom stereocenters. The summed E-state index contributed by atoms with van der Waals surface area (Å²) in [4.78, 5) is 11.3. The fourth-order valence-corrected chi connectivity index (χ4v) is 1.65. The third kappa shape index (κ3) is 2.52. The fourth-order valence-electron chi connectivity index (χ4n) is 1.65. The first-order valence-corrected chi connectivity index (χ1v) is 5.76. The van der Waals surface area contributed by atoms with Gasteiger partial charge < -0.3 is 5.11 Å². The molecule has 0 radical (unpaired) electrons. The Morgan fingerprint density at radius 2 is 2.16 bits per heavy atom. The Bertz CT molecular complexity index is 594. The number of carbonyl (C=O) groups is 1. The van der Waals surface area contributed by atoms with Gasteiger partial charge in [0.15, 0.2) is 5.82 Å². The zero-order valence-electron chi connectivity index (χ0n) is 10.5. The van der Waals surface area contributed by atoms with Crippen molar-refractivity contribution in [2.75, 3.05) is 0 Å². The van der Waals surface area contributed by atoms with Gasteiger partial charge in [0.1, 0.15) is 0 Å². The summed E-state index contributed by atoms with van der Waals surface area (Å²) in [5.74, 6) is -0.471. The Balaban J connectivity index is 2.36. The van der Waals surface area contributed by atoms with Crippen molar-refractivity contribution in [3.05, 3.63) is 48.8 Å². The number of tetrazole rings is 1. The molecule has 0 amide bonds. The molecule has 1 aromatic carbocycles. The van der Waals surface area contributed by atoms with Gasteiger partial charge in [-0.25, -0.2) is 0 Å². The van der Waals surface area contributed by atoms with Crippen molar-refractivity contribution in [1.29, 1.82) is 0 Å². The van der Waals surface area contributed by atoms with Crippen LogP contribution in [0.2, 0.25) is 0 Å². The summed E-state index contributed by atoms with van der Waals surface area (Å²) in [6.45, 7) is 5.17. The molecule has 0 fully saturated rings. The van der Waals surface area contributed by atoms with Gasteiger partial charge in [-0.3, -0.25) is 4.79 Å². The quantitative estimate of drug-likeness (QED) is 0.821. The second-order valence-electron chi connectivity index (χ2n) is 4.45. The van der Waals surface area contributed by atoms with Gasteiger partial charge in [0.05, 0.1) is 11.1 Å². The van der Waals surface area contributed by atoms with Crippen LogP contribution in [0.4, 0.5) is 0 Å². The van der Waals surface area contributed by atoms with Crippen LogP contribution in [0.3, 0.4) is 0 Å². The van der Waals surface area contributed by atoms with Gasteiger partial charge >= 0.3 is 5.97 Å². The Labute approximate surface area is 110 Å². The number of carboxylic acids is 1. The Kier molecular flexibility index (Phi) is 3.41. The standard InChI is InChI=1S/C13H14N4O2/c1-3-13(2,12(18)19)9-11-14-15-16-17(11)10-7-5-4-6-8-10/h3-8H,1,9H2,2H3,(H,18,19). The Hall–Kier alpha value is -2.50. The number of hydrogen-bond acceptors (Lipinski definition) is 4. The highest BCUT2D eigenvalue weighted by molar-refractivity contribution is 5.76. The molecule has 2 aromatic rings. The zero-order valence-corrected chi connectivity index (χ0v) is 10.5. The first kappa shape index (κ1) is 12.9. The molecule has 6 nitrogen and oxygen atoms in total. The number of aromatic nitrogens is 4. The summed E-state index contributed by atoms with van der Waals surface area (Å²) >= 11 is 0. The van der Waals surface area contributed by atoms with Gasteiger partial charge in [0.25, 0.3) is 0 Å². The largest absolute Gasteiger partial charge is 0.481 e. The van der Waals surface area contributed by atoms with Gasteiger partial charge in [0.2, 0.25) is 0 Å². The maximum atomic E-state index is 11.3. The van der Waals surface area contributed by atoms with Crippen LogP contribution in [0, 0.1) is 5.41 Å². The van der Waals surface area contributed by atoms with Crippen LogP contribution in [-0.2, 0) is 11.2 Å². The minimum atomic E-state index is -1.10. The minimum Gasteiger partial charge on any atom is -0.481 e. The second kappa shape index (κ2) is 5.01. The van der Waals surface area contributed by atoms with E-state index in [0.717, 1.165) is 5.69 Å². The average molecular weight is 258 g/mol. The Morgan fingerprint density at radius 1 is 1.47 bits per heavy atom. The van der Waals surface area contributed by atoms with E-state index in [1.807, 2.05) is 30.3 Å². The van der Waals surface area contributed by atoms with Crippen LogP contribution in [0.5, 0.6) is 0 Å². The van der Waals surface area contributed by atoms with E-state index < -0.39 is 11.4 Å². The maximum Gasteiger partial charge on any atom is 0.313 e. The molecule has 1 N–H and O–H groups in total. The molecule has 6 heteroatoms. The van der Waals surface area contributed by atoms with Crippen LogP contribution in [0.15, 0.2) is 43.0 Å². The highest BCUT2D eigenvalue weighted by atomic mass is 16.4. The predicted molar refractivity (Wildman–Crippen MR) is 68.8 cm³/mol. The topological polar surface area (TPSA) is 80.9 Å². The smallest absolute Gasteiger partial charge is 0.313 e. The Morgan fingerprint density at radius 3 is 2.74 bits per heavy atom. The molecule has 0 aliphatic carbocycles. The molecular weight excluding hydrogens is 244 g/mol. The summed E-state index contributed by atoms with van der Waals surface area (Å²) in [7, 11) is 0. The molecule has 0 spiro atoms. The highest BCUT2D eigenvalue weighted by Gasteiger charge is 2.32. The lowest BCUT2D eigenvalue weighted by atomic mass is 9.87. The minimum absolute atomic E-state index is 0.174. The molecule has 0 saturated carbocycles. The monoisotopic (exact) mass is 258 g/mol. The van der Waals surface area contributed by atoms with Crippen molar-refractivity contribution in [3.63, 3.8) is 0 Å². The van der Waals surface area contributed by atoms with E-state index in [-0.39, 0.29) is 6.42 Å². The van der Waals surface area contributed by atoms with E-state index in [0.29, 0.717) is 5.82 Å². The molecule has 1 unspecified atom stereocenters. The predicted octanol–water partition coefficient (Wildman–Crippen LogP) is 1.48. The molecule has 0 aliphatic heterocycles. The number of rotatable bonds is 5. The van der Waals surface area contributed by atoms with Crippen LogP contribution < -0.4 is 0 Å². The lowest BCUT2D eigenvalue weighted by Gasteiger charge is -2.19. The maximum absolute atomic E-state index is 11.3. The van der Waals surface area contributed by atoms with E-state index in [1.165, 1.54) is 10.8 Å². The molecule has 1 aromatic heterocycles. The van der Waals surface area contributed by atoms with Crippen molar-refractivity contribution in [2.24, 2.45) is 5.41 Å². The summed E-state index contributed by atoms with van der Waals surface area (Å²) in [6.07, 6.45) is 1.58.